The number of benzene rings is 2. The molecule has 0 saturated carbocycles. The van der Waals surface area contributed by atoms with Gasteiger partial charge in [0.2, 0.25) is 5.91 Å². The average Bonchev–Trinajstić information content (AvgIpc) is 2.85. The lowest BCUT2D eigenvalue weighted by Crippen LogP contribution is -2.54. The zero-order chi connectivity index (χ0) is 26.2. The summed E-state index contributed by atoms with van der Waals surface area (Å²) in [5.74, 6) is -3.88. The van der Waals surface area contributed by atoms with E-state index >= 15 is 0 Å². The average molecular weight is 482 g/mol. The quantitative estimate of drug-likeness (QED) is 0.312. The van der Waals surface area contributed by atoms with Crippen LogP contribution in [0.5, 0.6) is 0 Å². The molecule has 0 bridgehead atoms. The lowest BCUT2D eigenvalue weighted by molar-refractivity contribution is -0.159. The van der Waals surface area contributed by atoms with E-state index in [1.807, 2.05) is 0 Å². The van der Waals surface area contributed by atoms with Crippen LogP contribution in [-0.2, 0) is 34.2 Å². The number of hydrogen-bond donors (Lipinski definition) is 1. The van der Waals surface area contributed by atoms with E-state index < -0.39 is 48.1 Å². The Hall–Kier alpha value is -4.27. The van der Waals surface area contributed by atoms with E-state index in [1.54, 1.807) is 42.5 Å². The Morgan fingerprint density at radius 2 is 1.54 bits per heavy atom. The summed E-state index contributed by atoms with van der Waals surface area (Å²) < 4.78 is 9.54. The van der Waals surface area contributed by atoms with Crippen LogP contribution in [0.2, 0.25) is 0 Å². The van der Waals surface area contributed by atoms with E-state index in [-0.39, 0.29) is 11.1 Å². The summed E-state index contributed by atoms with van der Waals surface area (Å²) >= 11 is 0. The maximum Gasteiger partial charge on any atom is 0.337 e. The van der Waals surface area contributed by atoms with Crippen molar-refractivity contribution in [2.45, 2.75) is 25.8 Å². The molecule has 0 aliphatic carbocycles. The highest BCUT2D eigenvalue weighted by atomic mass is 16.5. The molecule has 0 spiro atoms. The number of methoxy groups -OCH3 is 2. The second-order valence-electron chi connectivity index (χ2n) is 7.88. The van der Waals surface area contributed by atoms with Crippen LogP contribution in [0.3, 0.4) is 0 Å². The molecular formula is C26H27NO8. The summed E-state index contributed by atoms with van der Waals surface area (Å²) in [6.45, 7) is 2.11. The van der Waals surface area contributed by atoms with E-state index in [4.69, 9.17) is 4.74 Å². The first-order chi connectivity index (χ1) is 16.5. The summed E-state index contributed by atoms with van der Waals surface area (Å²) in [7, 11) is 2.41. The number of carbonyl (C=O) groups excluding carboxylic acids is 4. The van der Waals surface area contributed by atoms with Crippen molar-refractivity contribution < 1.29 is 38.6 Å². The number of carbonyl (C=O) groups is 5. The van der Waals surface area contributed by atoms with Gasteiger partial charge in [-0.3, -0.25) is 9.59 Å². The minimum absolute atomic E-state index is 0.0290. The van der Waals surface area contributed by atoms with Gasteiger partial charge in [-0.1, -0.05) is 42.5 Å². The molecule has 1 atom stereocenters. The Bertz CT molecular complexity index is 1140. The fourth-order valence-corrected chi connectivity index (χ4v) is 3.47. The molecule has 184 valence electrons. The van der Waals surface area contributed by atoms with E-state index in [0.717, 1.165) is 12.0 Å². The van der Waals surface area contributed by atoms with Crippen molar-refractivity contribution >= 4 is 35.7 Å². The Balaban J connectivity index is 2.60. The number of hydrogen-bond acceptors (Lipinski definition) is 7. The van der Waals surface area contributed by atoms with Gasteiger partial charge in [-0.05, 0) is 43.2 Å². The number of nitrogens with zero attached hydrogens (tertiary/aromatic N) is 1. The van der Waals surface area contributed by atoms with Crippen LogP contribution < -0.4 is 0 Å². The third kappa shape index (κ3) is 6.41. The Morgan fingerprint density at radius 3 is 2.03 bits per heavy atom. The van der Waals surface area contributed by atoms with Crippen LogP contribution in [0.25, 0.3) is 6.08 Å². The Labute approximate surface area is 202 Å². The highest BCUT2D eigenvalue weighted by Crippen LogP contribution is 2.31. The van der Waals surface area contributed by atoms with Gasteiger partial charge in [0, 0.05) is 0 Å². The molecule has 0 heterocycles. The van der Waals surface area contributed by atoms with E-state index in [0.29, 0.717) is 11.1 Å². The predicted molar refractivity (Wildman–Crippen MR) is 126 cm³/mol. The summed E-state index contributed by atoms with van der Waals surface area (Å²) in [4.78, 5) is 62.7. The minimum atomic E-state index is -1.89. The zero-order valence-electron chi connectivity index (χ0n) is 19.9. The number of rotatable bonds is 10. The molecule has 2 aromatic carbocycles. The van der Waals surface area contributed by atoms with E-state index in [1.165, 1.54) is 39.2 Å². The van der Waals surface area contributed by atoms with Gasteiger partial charge in [-0.2, -0.15) is 0 Å². The van der Waals surface area contributed by atoms with Crippen LogP contribution in [0.4, 0.5) is 0 Å². The molecule has 0 radical (unpaired) electrons. The molecule has 9 nitrogen and oxygen atoms in total. The van der Waals surface area contributed by atoms with Gasteiger partial charge in [-0.25, -0.2) is 14.4 Å². The van der Waals surface area contributed by atoms with Gasteiger partial charge in [0.1, 0.15) is 5.78 Å². The number of esters is 2. The van der Waals surface area contributed by atoms with Crippen molar-refractivity contribution in [3.63, 3.8) is 0 Å². The molecule has 0 saturated heterocycles. The maximum atomic E-state index is 13.1. The summed E-state index contributed by atoms with van der Waals surface area (Å²) in [5.41, 5.74) is -0.844. The third-order valence-electron chi connectivity index (χ3n) is 5.44. The standard InChI is InChI=1S/C26H27NO8/c1-17(28)14-22(29)27(26(2,25(32)33)21-8-6-5-7-9-21)16-20(24(31)35-4)15-18-10-12-19(13-11-18)23(30)34-3/h5-13,15H,14,16H2,1-4H3,(H,32,33). The van der Waals surface area contributed by atoms with Crippen molar-refractivity contribution in [3.8, 4) is 0 Å². The lowest BCUT2D eigenvalue weighted by Gasteiger charge is -2.38. The first-order valence-electron chi connectivity index (χ1n) is 10.6. The normalized spacial score (nSPS) is 12.7. The minimum Gasteiger partial charge on any atom is -0.479 e. The van der Waals surface area contributed by atoms with Crippen LogP contribution in [0.15, 0.2) is 60.2 Å². The van der Waals surface area contributed by atoms with Crippen molar-refractivity contribution in [1.82, 2.24) is 4.90 Å². The van der Waals surface area contributed by atoms with Crippen molar-refractivity contribution in [2.75, 3.05) is 20.8 Å². The van der Waals surface area contributed by atoms with Crippen molar-refractivity contribution in [2.24, 2.45) is 0 Å². The SMILES string of the molecule is COC(=O)C(=Cc1ccc(C(=O)OC)cc1)CN(C(=O)CC(C)=O)C(C)(C(=O)O)c1ccccc1. The van der Waals surface area contributed by atoms with Crippen LogP contribution >= 0.6 is 0 Å². The fraction of sp³-hybridized carbons (Fsp3) is 0.269. The smallest absolute Gasteiger partial charge is 0.337 e. The monoisotopic (exact) mass is 481 g/mol. The molecular weight excluding hydrogens is 454 g/mol. The lowest BCUT2D eigenvalue weighted by atomic mass is 9.88. The van der Waals surface area contributed by atoms with Crippen LogP contribution in [0.1, 0.15) is 41.8 Å². The summed E-state index contributed by atoms with van der Waals surface area (Å²) in [6.07, 6.45) is 0.881. The molecule has 0 aliphatic rings. The van der Waals surface area contributed by atoms with Crippen molar-refractivity contribution in [3.05, 3.63) is 76.9 Å². The van der Waals surface area contributed by atoms with Crippen molar-refractivity contribution in [1.29, 1.82) is 0 Å². The molecule has 0 aliphatic heterocycles. The molecule has 35 heavy (non-hydrogen) atoms. The van der Waals surface area contributed by atoms with Crippen LogP contribution in [-0.4, -0.2) is 60.4 Å². The number of Topliss-reactive ketones (excluding diaryl/α,β-unsaturated/α-hetero) is 1. The largest absolute Gasteiger partial charge is 0.479 e. The van der Waals surface area contributed by atoms with Gasteiger partial charge in [0.05, 0.1) is 38.3 Å². The number of aliphatic carboxylic acids is 1. The van der Waals surface area contributed by atoms with Gasteiger partial charge < -0.3 is 19.5 Å². The van der Waals surface area contributed by atoms with Crippen LogP contribution in [0, 0.1) is 0 Å². The number of ether oxygens (including phenoxy) is 2. The number of carboxylic acid groups (broad SMARTS) is 1. The molecule has 1 amide bonds. The Kier molecular flexibility index (Phi) is 9.04. The molecule has 9 heteroatoms. The van der Waals surface area contributed by atoms with Gasteiger partial charge in [-0.15, -0.1) is 0 Å². The van der Waals surface area contributed by atoms with Gasteiger partial charge >= 0.3 is 17.9 Å². The highest BCUT2D eigenvalue weighted by molar-refractivity contribution is 6.01. The summed E-state index contributed by atoms with van der Waals surface area (Å²) in [6, 6.07) is 14.2. The fourth-order valence-electron chi connectivity index (χ4n) is 3.47. The third-order valence-corrected chi connectivity index (χ3v) is 5.44. The summed E-state index contributed by atoms with van der Waals surface area (Å²) in [5, 5.41) is 10.2. The molecule has 1 N–H and O–H groups in total. The predicted octanol–water partition coefficient (Wildman–Crippen LogP) is 2.84. The number of ketones is 1. The molecule has 0 aromatic heterocycles. The number of carboxylic acids is 1. The molecule has 0 fully saturated rings. The molecule has 2 rings (SSSR count). The van der Waals surface area contributed by atoms with Gasteiger partial charge in [0.15, 0.2) is 5.54 Å². The molecule has 1 unspecified atom stereocenters. The van der Waals surface area contributed by atoms with Gasteiger partial charge in [0.25, 0.3) is 0 Å². The first-order valence-corrected chi connectivity index (χ1v) is 10.6. The maximum absolute atomic E-state index is 13.1. The highest BCUT2D eigenvalue weighted by Gasteiger charge is 2.45. The van der Waals surface area contributed by atoms with E-state index in [2.05, 4.69) is 4.74 Å². The number of amides is 1. The van der Waals surface area contributed by atoms with E-state index in [9.17, 15) is 29.1 Å². The second-order valence-corrected chi connectivity index (χ2v) is 7.88. The second kappa shape index (κ2) is 11.7. The Morgan fingerprint density at radius 1 is 0.943 bits per heavy atom. The molecule has 2 aromatic rings. The first kappa shape index (κ1) is 27.0. The topological polar surface area (TPSA) is 127 Å². The zero-order valence-corrected chi connectivity index (χ0v) is 19.9.